The summed E-state index contributed by atoms with van der Waals surface area (Å²) in [6.45, 7) is 9.20. The van der Waals surface area contributed by atoms with Gasteiger partial charge in [0.05, 0.1) is 43.8 Å². The molecule has 0 saturated heterocycles. The number of benzene rings is 3. The summed E-state index contributed by atoms with van der Waals surface area (Å²) >= 11 is 0. The fraction of sp³-hybridized carbons (Fsp3) is 0.342. The van der Waals surface area contributed by atoms with Crippen LogP contribution < -0.4 is 18.9 Å². The second kappa shape index (κ2) is 22.4. The van der Waals surface area contributed by atoms with Gasteiger partial charge in [-0.3, -0.25) is 0 Å². The molecule has 0 amide bonds. The summed E-state index contributed by atoms with van der Waals surface area (Å²) in [6, 6.07) is 19.8. The van der Waals surface area contributed by atoms with Gasteiger partial charge in [-0.2, -0.15) is 0 Å². The molecule has 48 heavy (non-hydrogen) atoms. The Morgan fingerprint density at radius 1 is 0.562 bits per heavy atom. The zero-order chi connectivity index (χ0) is 34.2. The van der Waals surface area contributed by atoms with Crippen LogP contribution in [0.1, 0.15) is 72.1 Å². The molecule has 0 atom stereocenters. The Labute approximate surface area is 282 Å². The third-order valence-electron chi connectivity index (χ3n) is 6.85. The summed E-state index contributed by atoms with van der Waals surface area (Å²) < 4.78 is 37.7. The third-order valence-corrected chi connectivity index (χ3v) is 6.85. The van der Waals surface area contributed by atoms with Crippen molar-refractivity contribution in [3.8, 4) is 23.0 Å². The van der Waals surface area contributed by atoms with Gasteiger partial charge in [0.25, 0.3) is 0 Å². The fourth-order valence-corrected chi connectivity index (χ4v) is 4.29. The van der Waals surface area contributed by atoms with Crippen LogP contribution in [0.2, 0.25) is 0 Å². The van der Waals surface area contributed by atoms with Gasteiger partial charge in [-0.05, 0) is 106 Å². The van der Waals surface area contributed by atoms with E-state index in [1.807, 2.05) is 0 Å². The smallest absolute Gasteiger partial charge is 0.343 e. The maximum atomic E-state index is 12.7. The van der Waals surface area contributed by atoms with Crippen LogP contribution in [-0.4, -0.2) is 51.1 Å². The Morgan fingerprint density at radius 2 is 1.04 bits per heavy atom. The van der Waals surface area contributed by atoms with Crippen LogP contribution in [0.25, 0.3) is 0 Å². The van der Waals surface area contributed by atoms with Crippen LogP contribution in [0.15, 0.2) is 98.3 Å². The molecule has 0 N–H and O–H groups in total. The van der Waals surface area contributed by atoms with Crippen LogP contribution in [0.4, 0.5) is 0 Å². The Kier molecular flexibility index (Phi) is 17.5. The van der Waals surface area contributed by atoms with Crippen LogP contribution >= 0.6 is 0 Å². The lowest BCUT2D eigenvalue weighted by Crippen LogP contribution is -2.10. The number of rotatable bonds is 24. The van der Waals surface area contributed by atoms with E-state index >= 15 is 0 Å². The molecule has 0 aliphatic rings. The molecule has 10 heteroatoms. The second-order valence-corrected chi connectivity index (χ2v) is 10.6. The number of carbonyl (C=O) groups excluding carboxylic acids is 3. The lowest BCUT2D eigenvalue weighted by atomic mass is 10.2. The van der Waals surface area contributed by atoms with E-state index < -0.39 is 17.9 Å². The molecular formula is C38H44O10. The SMILES string of the molecule is C=COCOCCCCCCOc1ccc(C(=O)Oc2cccc(OC(=O)c3ccc(OCCCCCCOC(=O)C=C)cc3)c2)cc1. The number of esters is 3. The van der Waals surface area contributed by atoms with Crippen molar-refractivity contribution in [3.05, 3.63) is 109 Å². The number of carbonyl (C=O) groups is 3. The summed E-state index contributed by atoms with van der Waals surface area (Å²) in [5.74, 6) is 0.286. The van der Waals surface area contributed by atoms with Crippen molar-refractivity contribution < 1.29 is 47.5 Å². The van der Waals surface area contributed by atoms with E-state index in [0.717, 1.165) is 57.4 Å². The highest BCUT2D eigenvalue weighted by molar-refractivity contribution is 5.92. The topological polar surface area (TPSA) is 116 Å². The number of unbranched alkanes of at least 4 members (excludes halogenated alkanes) is 6. The number of ether oxygens (including phenoxy) is 7. The first-order valence-corrected chi connectivity index (χ1v) is 16.1. The lowest BCUT2D eigenvalue weighted by Gasteiger charge is -2.09. The Bertz CT molecular complexity index is 1420. The highest BCUT2D eigenvalue weighted by Gasteiger charge is 2.13. The molecular weight excluding hydrogens is 616 g/mol. The summed E-state index contributed by atoms with van der Waals surface area (Å²) in [7, 11) is 0. The van der Waals surface area contributed by atoms with Gasteiger partial charge >= 0.3 is 17.9 Å². The zero-order valence-corrected chi connectivity index (χ0v) is 27.3. The average Bonchev–Trinajstić information content (AvgIpc) is 3.10. The maximum absolute atomic E-state index is 12.7. The zero-order valence-electron chi connectivity index (χ0n) is 27.3. The van der Waals surface area contributed by atoms with Crippen molar-refractivity contribution in [1.29, 1.82) is 0 Å². The molecule has 3 aromatic rings. The van der Waals surface area contributed by atoms with Crippen LogP contribution in [0.5, 0.6) is 23.0 Å². The first kappa shape index (κ1) is 37.4. The molecule has 10 nitrogen and oxygen atoms in total. The largest absolute Gasteiger partial charge is 0.494 e. The Morgan fingerprint density at radius 3 is 1.52 bits per heavy atom. The van der Waals surface area contributed by atoms with Gasteiger partial charge in [0.2, 0.25) is 0 Å². The predicted molar refractivity (Wildman–Crippen MR) is 180 cm³/mol. The van der Waals surface area contributed by atoms with Gasteiger partial charge in [-0.15, -0.1) is 0 Å². The maximum Gasteiger partial charge on any atom is 0.343 e. The number of hydrogen-bond acceptors (Lipinski definition) is 10. The van der Waals surface area contributed by atoms with Crippen molar-refractivity contribution in [2.75, 3.05) is 33.2 Å². The molecule has 0 heterocycles. The van der Waals surface area contributed by atoms with E-state index in [-0.39, 0.29) is 18.3 Å². The molecule has 256 valence electrons. The minimum absolute atomic E-state index is 0.232. The Hall–Kier alpha value is -5.09. The minimum Gasteiger partial charge on any atom is -0.494 e. The monoisotopic (exact) mass is 660 g/mol. The minimum atomic E-state index is -0.554. The van der Waals surface area contributed by atoms with E-state index in [9.17, 15) is 14.4 Å². The lowest BCUT2D eigenvalue weighted by molar-refractivity contribution is -0.137. The average molecular weight is 661 g/mol. The van der Waals surface area contributed by atoms with E-state index in [2.05, 4.69) is 13.2 Å². The molecule has 3 aromatic carbocycles. The first-order chi connectivity index (χ1) is 23.5. The Balaban J connectivity index is 1.34. The number of hydrogen-bond donors (Lipinski definition) is 0. The van der Waals surface area contributed by atoms with Gasteiger partial charge in [0.1, 0.15) is 23.0 Å². The molecule has 0 fully saturated rings. The van der Waals surface area contributed by atoms with E-state index in [0.29, 0.717) is 49.1 Å². The molecule has 3 rings (SSSR count). The van der Waals surface area contributed by atoms with Crippen molar-refractivity contribution in [1.82, 2.24) is 0 Å². The summed E-state index contributed by atoms with van der Waals surface area (Å²) in [5.41, 5.74) is 0.709. The third kappa shape index (κ3) is 15.0. The van der Waals surface area contributed by atoms with Crippen molar-refractivity contribution >= 4 is 17.9 Å². The molecule has 0 bridgehead atoms. The molecule has 0 aliphatic carbocycles. The second-order valence-electron chi connectivity index (χ2n) is 10.6. The standard InChI is InChI=1S/C38H44O10/c1-3-36(39)46-27-12-8-7-11-26-45-33-22-18-31(19-23-33)38(41)48-35-15-13-14-34(28-35)47-37(40)30-16-20-32(21-17-30)44-25-10-6-5-9-24-43-29-42-4-2/h3-4,13-23,28H,1-2,5-12,24-27,29H2. The van der Waals surface area contributed by atoms with E-state index in [4.69, 9.17) is 33.2 Å². The molecule has 0 saturated carbocycles. The van der Waals surface area contributed by atoms with Crippen LogP contribution in [0, 0.1) is 0 Å². The highest BCUT2D eigenvalue weighted by atomic mass is 16.7. The fourth-order valence-electron chi connectivity index (χ4n) is 4.29. The summed E-state index contributed by atoms with van der Waals surface area (Å²) in [5, 5.41) is 0. The van der Waals surface area contributed by atoms with E-state index in [1.54, 1.807) is 66.7 Å². The molecule has 0 spiro atoms. The predicted octanol–water partition coefficient (Wildman–Crippen LogP) is 7.87. The van der Waals surface area contributed by atoms with Gasteiger partial charge < -0.3 is 33.2 Å². The first-order valence-electron chi connectivity index (χ1n) is 16.1. The van der Waals surface area contributed by atoms with Gasteiger partial charge in [-0.1, -0.05) is 25.6 Å². The van der Waals surface area contributed by atoms with Gasteiger partial charge in [-0.25, -0.2) is 14.4 Å². The van der Waals surface area contributed by atoms with Crippen LogP contribution in [0.3, 0.4) is 0 Å². The van der Waals surface area contributed by atoms with Crippen molar-refractivity contribution in [2.45, 2.75) is 51.4 Å². The molecule has 0 radical (unpaired) electrons. The molecule has 0 aliphatic heterocycles. The summed E-state index contributed by atoms with van der Waals surface area (Å²) in [6.07, 6.45) is 9.95. The molecule has 0 unspecified atom stereocenters. The highest BCUT2D eigenvalue weighted by Crippen LogP contribution is 2.23. The summed E-state index contributed by atoms with van der Waals surface area (Å²) in [4.78, 5) is 36.4. The van der Waals surface area contributed by atoms with Gasteiger partial charge in [0.15, 0.2) is 6.79 Å². The normalized spacial score (nSPS) is 10.4. The van der Waals surface area contributed by atoms with Crippen molar-refractivity contribution in [2.24, 2.45) is 0 Å². The van der Waals surface area contributed by atoms with Gasteiger partial charge in [0, 0.05) is 12.1 Å². The van der Waals surface area contributed by atoms with Crippen LogP contribution in [-0.2, 0) is 19.0 Å². The quantitative estimate of drug-likeness (QED) is 0.0235. The van der Waals surface area contributed by atoms with Crippen molar-refractivity contribution in [3.63, 3.8) is 0 Å². The molecule has 0 aromatic heterocycles. The van der Waals surface area contributed by atoms with E-state index in [1.165, 1.54) is 12.3 Å².